The number of fused-ring (bicyclic) bond motifs is 1. The van der Waals surface area contributed by atoms with Gasteiger partial charge in [0.05, 0.1) is 5.57 Å². The van der Waals surface area contributed by atoms with Crippen molar-refractivity contribution in [3.8, 4) is 6.07 Å². The Bertz CT molecular complexity index is 485. The average molecular weight is 260 g/mol. The van der Waals surface area contributed by atoms with Crippen molar-refractivity contribution in [3.05, 3.63) is 11.6 Å². The molecule has 4 nitrogen and oxygen atoms in total. The first-order valence-corrected chi connectivity index (χ1v) is 6.80. The van der Waals surface area contributed by atoms with Crippen LogP contribution in [0.5, 0.6) is 0 Å². The van der Waals surface area contributed by atoms with Gasteiger partial charge >= 0.3 is 0 Å². The Balaban J connectivity index is 2.38. The summed E-state index contributed by atoms with van der Waals surface area (Å²) in [4.78, 5) is 25.7. The summed E-state index contributed by atoms with van der Waals surface area (Å²) in [7, 11) is 0. The first kappa shape index (κ1) is 13.8. The van der Waals surface area contributed by atoms with Gasteiger partial charge in [-0.05, 0) is 24.7 Å². The molecule has 0 aromatic rings. The Kier molecular flexibility index (Phi) is 3.49. The van der Waals surface area contributed by atoms with Crippen molar-refractivity contribution >= 4 is 11.7 Å². The predicted molar refractivity (Wildman–Crippen MR) is 71.0 cm³/mol. The van der Waals surface area contributed by atoms with Crippen molar-refractivity contribution in [3.63, 3.8) is 0 Å². The van der Waals surface area contributed by atoms with Crippen molar-refractivity contribution in [2.24, 2.45) is 17.3 Å². The average Bonchev–Trinajstić information content (AvgIpc) is 2.56. The highest BCUT2D eigenvalue weighted by Gasteiger charge is 2.46. The highest BCUT2D eigenvalue weighted by Crippen LogP contribution is 2.44. The number of carbonyl (C=O) groups excluding carboxylic acids is 2. The van der Waals surface area contributed by atoms with Gasteiger partial charge in [0.1, 0.15) is 6.07 Å². The smallest absolute Gasteiger partial charge is 0.219 e. The number of carbonyl (C=O) groups is 2. The molecular formula is C15H20N2O2. The molecule has 1 aliphatic carbocycles. The maximum Gasteiger partial charge on any atom is 0.219 e. The van der Waals surface area contributed by atoms with Gasteiger partial charge in [-0.3, -0.25) is 9.59 Å². The number of rotatable bonds is 0. The van der Waals surface area contributed by atoms with Crippen LogP contribution in [0.2, 0.25) is 0 Å². The predicted octanol–water partition coefficient (Wildman–Crippen LogP) is 1.92. The molecular weight excluding hydrogens is 240 g/mol. The van der Waals surface area contributed by atoms with E-state index in [0.29, 0.717) is 6.54 Å². The van der Waals surface area contributed by atoms with Crippen LogP contribution in [0.4, 0.5) is 0 Å². The van der Waals surface area contributed by atoms with E-state index >= 15 is 0 Å². The van der Waals surface area contributed by atoms with Crippen molar-refractivity contribution < 1.29 is 9.59 Å². The molecule has 2 atom stereocenters. The van der Waals surface area contributed by atoms with Crippen LogP contribution in [-0.2, 0) is 9.59 Å². The summed E-state index contributed by atoms with van der Waals surface area (Å²) in [5.74, 6) is 0.366. The summed E-state index contributed by atoms with van der Waals surface area (Å²) < 4.78 is 0. The van der Waals surface area contributed by atoms with E-state index < -0.39 is 5.41 Å². The van der Waals surface area contributed by atoms with Crippen LogP contribution < -0.4 is 0 Å². The molecule has 102 valence electrons. The number of ketones is 1. The van der Waals surface area contributed by atoms with Gasteiger partial charge in [0, 0.05) is 25.4 Å². The number of nitrogens with zero attached hydrogens (tertiary/aromatic N) is 2. The molecule has 0 bridgehead atoms. The number of allylic oxidation sites excluding steroid dienone is 1. The lowest BCUT2D eigenvalue weighted by Crippen LogP contribution is -2.44. The maximum absolute atomic E-state index is 12.3. The summed E-state index contributed by atoms with van der Waals surface area (Å²) in [6.45, 7) is 6.82. The zero-order chi connectivity index (χ0) is 14.2. The molecule has 0 radical (unpaired) electrons. The molecule has 2 rings (SSSR count). The van der Waals surface area contributed by atoms with Gasteiger partial charge in [-0.2, -0.15) is 5.26 Å². The zero-order valence-electron chi connectivity index (χ0n) is 11.8. The van der Waals surface area contributed by atoms with Crippen molar-refractivity contribution in [2.45, 2.75) is 33.6 Å². The Labute approximate surface area is 114 Å². The minimum atomic E-state index is -0.503. The van der Waals surface area contributed by atoms with Crippen molar-refractivity contribution in [1.82, 2.24) is 4.90 Å². The van der Waals surface area contributed by atoms with Crippen LogP contribution in [0.3, 0.4) is 0 Å². The molecule has 1 amide bonds. The van der Waals surface area contributed by atoms with Gasteiger partial charge in [-0.1, -0.05) is 19.9 Å². The van der Waals surface area contributed by atoms with E-state index in [1.165, 1.54) is 0 Å². The quantitative estimate of drug-likeness (QED) is 0.668. The molecule has 1 heterocycles. The van der Waals surface area contributed by atoms with Gasteiger partial charge in [0.15, 0.2) is 5.78 Å². The van der Waals surface area contributed by atoms with Crippen molar-refractivity contribution in [2.75, 3.05) is 13.1 Å². The van der Waals surface area contributed by atoms with E-state index in [2.05, 4.69) is 0 Å². The van der Waals surface area contributed by atoms with Crippen LogP contribution >= 0.6 is 0 Å². The molecule has 4 heteroatoms. The maximum atomic E-state index is 12.3. The lowest BCUT2D eigenvalue weighted by atomic mass is 9.62. The Morgan fingerprint density at radius 1 is 1.53 bits per heavy atom. The summed E-state index contributed by atoms with van der Waals surface area (Å²) in [6.07, 6.45) is 3.65. The SMILES string of the molecule is CC(=O)N1CCCC2C(C=C(C#N)C(=O)C2(C)C)C1. The van der Waals surface area contributed by atoms with Gasteiger partial charge in [-0.15, -0.1) is 0 Å². The lowest BCUT2D eigenvalue weighted by Gasteiger charge is -2.40. The molecule has 1 fully saturated rings. The third-order valence-corrected chi connectivity index (χ3v) is 4.59. The third kappa shape index (κ3) is 2.30. The first-order valence-electron chi connectivity index (χ1n) is 6.80. The number of likely N-dealkylation sites (tertiary alicyclic amines) is 1. The molecule has 0 spiro atoms. The zero-order valence-corrected chi connectivity index (χ0v) is 11.8. The van der Waals surface area contributed by atoms with Crippen LogP contribution in [0, 0.1) is 28.6 Å². The standard InChI is InChI=1S/C15H20N2O2/c1-10(18)17-6-4-5-13-12(9-17)7-11(8-16)14(19)15(13,2)3/h7,12-13H,4-6,9H2,1-3H3. The number of nitriles is 1. The second kappa shape index (κ2) is 4.80. The summed E-state index contributed by atoms with van der Waals surface area (Å²) in [5.41, 5.74) is -0.242. The molecule has 0 saturated carbocycles. The highest BCUT2D eigenvalue weighted by molar-refractivity contribution is 6.03. The molecule has 2 aliphatic rings. The fraction of sp³-hybridized carbons (Fsp3) is 0.667. The van der Waals surface area contributed by atoms with Gasteiger partial charge < -0.3 is 4.90 Å². The number of Topliss-reactive ketones (excluding diaryl/α,β-unsaturated/α-hetero) is 1. The summed E-state index contributed by atoms with van der Waals surface area (Å²) in [5, 5.41) is 9.11. The molecule has 0 aromatic heterocycles. The largest absolute Gasteiger partial charge is 0.342 e. The molecule has 19 heavy (non-hydrogen) atoms. The van der Waals surface area contributed by atoms with E-state index in [1.807, 2.05) is 24.8 Å². The molecule has 2 unspecified atom stereocenters. The van der Waals surface area contributed by atoms with Crippen LogP contribution in [0.25, 0.3) is 0 Å². The summed E-state index contributed by atoms with van der Waals surface area (Å²) in [6, 6.07) is 2.01. The Morgan fingerprint density at radius 2 is 2.21 bits per heavy atom. The van der Waals surface area contributed by atoms with Gasteiger partial charge in [0.25, 0.3) is 0 Å². The van der Waals surface area contributed by atoms with Gasteiger partial charge in [0.2, 0.25) is 5.91 Å². The van der Waals surface area contributed by atoms with E-state index in [-0.39, 0.29) is 29.1 Å². The lowest BCUT2D eigenvalue weighted by molar-refractivity contribution is -0.129. The van der Waals surface area contributed by atoms with E-state index in [9.17, 15) is 9.59 Å². The topological polar surface area (TPSA) is 61.2 Å². The van der Waals surface area contributed by atoms with Crippen molar-refractivity contribution in [1.29, 1.82) is 5.26 Å². The normalized spacial score (nSPS) is 29.9. The van der Waals surface area contributed by atoms with E-state index in [1.54, 1.807) is 13.0 Å². The highest BCUT2D eigenvalue weighted by atomic mass is 16.2. The van der Waals surface area contributed by atoms with Crippen LogP contribution in [-0.4, -0.2) is 29.7 Å². The second-order valence-corrected chi connectivity index (χ2v) is 6.12. The van der Waals surface area contributed by atoms with E-state index in [0.717, 1.165) is 19.4 Å². The molecule has 1 aliphatic heterocycles. The summed E-state index contributed by atoms with van der Waals surface area (Å²) >= 11 is 0. The fourth-order valence-electron chi connectivity index (χ4n) is 3.43. The minimum absolute atomic E-state index is 0.0486. The molecule has 1 saturated heterocycles. The number of hydrogen-bond donors (Lipinski definition) is 0. The fourth-order valence-corrected chi connectivity index (χ4v) is 3.43. The second-order valence-electron chi connectivity index (χ2n) is 6.12. The molecule has 0 aromatic carbocycles. The number of amides is 1. The molecule has 0 N–H and O–H groups in total. The Morgan fingerprint density at radius 3 is 2.79 bits per heavy atom. The minimum Gasteiger partial charge on any atom is -0.342 e. The first-order chi connectivity index (χ1) is 8.87. The van der Waals surface area contributed by atoms with E-state index in [4.69, 9.17) is 5.26 Å². The van der Waals surface area contributed by atoms with Crippen LogP contribution in [0.15, 0.2) is 11.6 Å². The van der Waals surface area contributed by atoms with Crippen LogP contribution in [0.1, 0.15) is 33.6 Å². The Hall–Kier alpha value is -1.63. The third-order valence-electron chi connectivity index (χ3n) is 4.59. The van der Waals surface area contributed by atoms with Gasteiger partial charge in [-0.25, -0.2) is 0 Å². The monoisotopic (exact) mass is 260 g/mol. The number of hydrogen-bond acceptors (Lipinski definition) is 3.